The second-order valence-electron chi connectivity index (χ2n) is 8.48. The van der Waals surface area contributed by atoms with E-state index in [-0.39, 0.29) is 65.4 Å². The predicted octanol–water partition coefficient (Wildman–Crippen LogP) is 3.06. The van der Waals surface area contributed by atoms with E-state index in [0.717, 1.165) is 0 Å². The molecule has 9 nitrogen and oxygen atoms in total. The number of fused-ring (bicyclic) bond motifs is 1. The zero-order valence-electron chi connectivity index (χ0n) is 20.2. The molecule has 12 heteroatoms. The summed E-state index contributed by atoms with van der Waals surface area (Å²) in [6.07, 6.45) is 0.102. The highest BCUT2D eigenvalue weighted by atomic mass is 35.5. The lowest BCUT2D eigenvalue weighted by atomic mass is 10.0. The Morgan fingerprint density at radius 1 is 1.17 bits per heavy atom. The number of rotatable bonds is 6. The van der Waals surface area contributed by atoms with Gasteiger partial charge in [-0.25, -0.2) is 13.8 Å². The third-order valence-electron chi connectivity index (χ3n) is 6.22. The Morgan fingerprint density at radius 2 is 1.86 bits per heavy atom. The average Bonchev–Trinajstić information content (AvgIpc) is 2.84. The molecule has 0 radical (unpaired) electrons. The monoisotopic (exact) mass is 522 g/mol. The van der Waals surface area contributed by atoms with Crippen LogP contribution < -0.4 is 25.8 Å². The van der Waals surface area contributed by atoms with Gasteiger partial charge in [0.15, 0.2) is 17.3 Å². The van der Waals surface area contributed by atoms with Gasteiger partial charge in [-0.15, -0.1) is 12.4 Å². The van der Waals surface area contributed by atoms with Crippen molar-refractivity contribution >= 4 is 41.0 Å². The number of piperazine rings is 1. The van der Waals surface area contributed by atoms with Crippen LogP contribution >= 0.6 is 12.4 Å². The quantitative estimate of drug-likeness (QED) is 0.507. The van der Waals surface area contributed by atoms with Crippen LogP contribution in [0.15, 0.2) is 30.3 Å². The first-order chi connectivity index (χ1) is 16.7. The third kappa shape index (κ3) is 5.21. The summed E-state index contributed by atoms with van der Waals surface area (Å²) in [5.74, 6) is -0.635. The molecule has 1 amide bonds. The summed E-state index contributed by atoms with van der Waals surface area (Å²) in [6, 6.07) is 6.66. The molecule has 4 rings (SSSR count). The van der Waals surface area contributed by atoms with Crippen molar-refractivity contribution in [1.82, 2.24) is 14.9 Å². The van der Waals surface area contributed by atoms with E-state index in [2.05, 4.69) is 9.97 Å². The van der Waals surface area contributed by atoms with Gasteiger partial charge >= 0.3 is 0 Å². The molecule has 2 atom stereocenters. The topological polar surface area (TPSA) is 120 Å². The van der Waals surface area contributed by atoms with Gasteiger partial charge in [0.05, 0.1) is 14.2 Å². The van der Waals surface area contributed by atoms with E-state index in [1.165, 1.54) is 26.4 Å². The molecule has 2 heterocycles. The van der Waals surface area contributed by atoms with E-state index < -0.39 is 11.9 Å². The van der Waals surface area contributed by atoms with Gasteiger partial charge in [-0.05, 0) is 30.7 Å². The summed E-state index contributed by atoms with van der Waals surface area (Å²) in [5.41, 5.74) is 13.0. The fraction of sp³-hybridized carbons (Fsp3) is 0.375. The first-order valence-electron chi connectivity index (χ1n) is 11.2. The Labute approximate surface area is 213 Å². The second kappa shape index (κ2) is 11.1. The van der Waals surface area contributed by atoms with Gasteiger partial charge in [-0.2, -0.15) is 4.98 Å². The first kappa shape index (κ1) is 27.2. The Kier molecular flexibility index (Phi) is 8.36. The summed E-state index contributed by atoms with van der Waals surface area (Å²) in [7, 11) is 2.75. The van der Waals surface area contributed by atoms with Crippen LogP contribution in [0.5, 0.6) is 11.5 Å². The summed E-state index contributed by atoms with van der Waals surface area (Å²) in [4.78, 5) is 25.3. The zero-order chi connectivity index (χ0) is 25.3. The van der Waals surface area contributed by atoms with Gasteiger partial charge in [-0.1, -0.05) is 12.1 Å². The number of carbonyl (C=O) groups excluding carboxylic acids is 1. The molecule has 1 aliphatic rings. The number of ether oxygens (including phenoxy) is 2. The van der Waals surface area contributed by atoms with E-state index in [4.69, 9.17) is 20.9 Å². The van der Waals surface area contributed by atoms with Crippen molar-refractivity contribution in [2.45, 2.75) is 25.4 Å². The number of carbonyl (C=O) groups is 1. The Morgan fingerprint density at radius 3 is 2.47 bits per heavy atom. The first-order valence-corrected chi connectivity index (χ1v) is 11.2. The van der Waals surface area contributed by atoms with Crippen LogP contribution in [-0.4, -0.2) is 60.7 Å². The lowest BCUT2D eigenvalue weighted by Crippen LogP contribution is -2.54. The summed E-state index contributed by atoms with van der Waals surface area (Å²) in [6.45, 7) is 3.17. The molecule has 1 saturated heterocycles. The highest BCUT2D eigenvalue weighted by Crippen LogP contribution is 2.37. The normalized spacial score (nSPS) is 16.4. The minimum Gasteiger partial charge on any atom is -0.493 e. The molecule has 4 N–H and O–H groups in total. The van der Waals surface area contributed by atoms with E-state index in [0.29, 0.717) is 30.6 Å². The summed E-state index contributed by atoms with van der Waals surface area (Å²) >= 11 is 0. The number of anilines is 2. The third-order valence-corrected chi connectivity index (χ3v) is 6.22. The molecule has 0 saturated carbocycles. The molecule has 3 aromatic rings. The molecule has 1 aromatic heterocycles. The van der Waals surface area contributed by atoms with E-state index in [1.54, 1.807) is 23.1 Å². The number of nitrogens with zero attached hydrogens (tertiary/aromatic N) is 4. The number of amides is 1. The fourth-order valence-corrected chi connectivity index (χ4v) is 4.29. The molecular weight excluding hydrogens is 494 g/mol. The SMILES string of the molecule is COc1cc2c(N)nc(N3CCN(C(=O)CC(N)c4ccc(F)cc4)CC3C)nc2c(F)c1OC.Cl. The molecule has 2 aromatic carbocycles. The maximum atomic E-state index is 15.1. The van der Waals surface area contributed by atoms with Crippen LogP contribution in [-0.2, 0) is 4.79 Å². The molecule has 0 bridgehead atoms. The maximum absolute atomic E-state index is 15.1. The van der Waals surface area contributed by atoms with Gasteiger partial charge in [0.2, 0.25) is 11.9 Å². The van der Waals surface area contributed by atoms with Crippen LogP contribution in [0.4, 0.5) is 20.5 Å². The van der Waals surface area contributed by atoms with Crippen LogP contribution in [0.25, 0.3) is 10.9 Å². The number of hydrogen-bond acceptors (Lipinski definition) is 8. The van der Waals surface area contributed by atoms with Gasteiger partial charge in [0.1, 0.15) is 17.2 Å². The molecule has 0 spiro atoms. The zero-order valence-corrected chi connectivity index (χ0v) is 21.0. The predicted molar refractivity (Wildman–Crippen MR) is 136 cm³/mol. The van der Waals surface area contributed by atoms with Gasteiger partial charge in [-0.3, -0.25) is 4.79 Å². The molecule has 1 aliphatic heterocycles. The number of aromatic nitrogens is 2. The van der Waals surface area contributed by atoms with Crippen molar-refractivity contribution in [1.29, 1.82) is 0 Å². The number of nitrogen functional groups attached to an aromatic ring is 1. The highest BCUT2D eigenvalue weighted by molar-refractivity contribution is 5.92. The average molecular weight is 523 g/mol. The molecular formula is C24H29ClF2N6O3. The van der Waals surface area contributed by atoms with Crippen molar-refractivity contribution in [2.24, 2.45) is 5.73 Å². The molecule has 2 unspecified atom stereocenters. The Hall–Kier alpha value is -3.44. The molecule has 1 fully saturated rings. The lowest BCUT2D eigenvalue weighted by Gasteiger charge is -2.40. The Balaban J connectivity index is 0.00000361. The van der Waals surface area contributed by atoms with Crippen LogP contribution in [0.1, 0.15) is 24.9 Å². The number of nitrogens with two attached hydrogens (primary N) is 2. The smallest absolute Gasteiger partial charge is 0.228 e. The van der Waals surface area contributed by atoms with Crippen LogP contribution in [0, 0.1) is 11.6 Å². The Bertz CT molecular complexity index is 1250. The lowest BCUT2D eigenvalue weighted by molar-refractivity contribution is -0.132. The summed E-state index contributed by atoms with van der Waals surface area (Å²) < 4.78 is 38.6. The van der Waals surface area contributed by atoms with Crippen LogP contribution in [0.2, 0.25) is 0 Å². The molecule has 0 aliphatic carbocycles. The minimum absolute atomic E-state index is 0. The number of benzene rings is 2. The van der Waals surface area contributed by atoms with Crippen molar-refractivity contribution in [2.75, 3.05) is 44.5 Å². The van der Waals surface area contributed by atoms with Crippen molar-refractivity contribution < 1.29 is 23.0 Å². The van der Waals surface area contributed by atoms with Crippen LogP contribution in [0.3, 0.4) is 0 Å². The summed E-state index contributed by atoms with van der Waals surface area (Å²) in [5, 5.41) is 0.320. The van der Waals surface area contributed by atoms with Crippen molar-refractivity contribution in [3.63, 3.8) is 0 Å². The molecule has 194 valence electrons. The van der Waals surface area contributed by atoms with E-state index in [9.17, 15) is 9.18 Å². The highest BCUT2D eigenvalue weighted by Gasteiger charge is 2.30. The van der Waals surface area contributed by atoms with Gasteiger partial charge in [0, 0.05) is 43.5 Å². The van der Waals surface area contributed by atoms with E-state index >= 15 is 4.39 Å². The standard InChI is InChI=1S/C24H28F2N6O3.ClH/c1-13-12-31(19(33)11-17(27)14-4-6-15(25)7-5-14)8-9-32(13)24-29-21-16(23(28)30-24)10-18(34-2)22(35-3)20(21)26;/h4-7,10,13,17H,8-9,11-12,27H2,1-3H3,(H2,28,29,30);1H. The minimum atomic E-state index is -0.687. The number of halogens is 3. The van der Waals surface area contributed by atoms with Crippen molar-refractivity contribution in [3.05, 3.63) is 47.5 Å². The number of methoxy groups -OCH3 is 2. The van der Waals surface area contributed by atoms with E-state index in [1.807, 2.05) is 11.8 Å². The van der Waals surface area contributed by atoms with Gasteiger partial charge < -0.3 is 30.7 Å². The molecule has 36 heavy (non-hydrogen) atoms. The fourth-order valence-electron chi connectivity index (χ4n) is 4.29. The van der Waals surface area contributed by atoms with Crippen molar-refractivity contribution in [3.8, 4) is 11.5 Å². The maximum Gasteiger partial charge on any atom is 0.228 e. The van der Waals surface area contributed by atoms with Gasteiger partial charge in [0.25, 0.3) is 0 Å². The second-order valence-corrected chi connectivity index (χ2v) is 8.48. The largest absolute Gasteiger partial charge is 0.493 e. The number of hydrogen-bond donors (Lipinski definition) is 2.